The van der Waals surface area contributed by atoms with Crippen molar-refractivity contribution in [3.63, 3.8) is 0 Å². The van der Waals surface area contributed by atoms with Crippen molar-refractivity contribution in [1.29, 1.82) is 0 Å². The number of anilines is 1. The highest BCUT2D eigenvalue weighted by atomic mass is 15.2. The van der Waals surface area contributed by atoms with E-state index in [1.807, 2.05) is 0 Å². The molecule has 2 heteroatoms. The third-order valence-electron chi connectivity index (χ3n) is 3.04. The smallest absolute Gasteiger partial charge is 0.139 e. The van der Waals surface area contributed by atoms with E-state index in [0.29, 0.717) is 5.41 Å². The second-order valence-corrected chi connectivity index (χ2v) is 5.17. The Morgan fingerprint density at radius 3 is 2.71 bits per heavy atom. The Morgan fingerprint density at radius 2 is 2.14 bits per heavy atom. The van der Waals surface area contributed by atoms with Crippen molar-refractivity contribution in [1.82, 2.24) is 0 Å². The summed E-state index contributed by atoms with van der Waals surface area (Å²) in [7, 11) is 2.16. The summed E-state index contributed by atoms with van der Waals surface area (Å²) in [6, 6.07) is 8.80. The van der Waals surface area contributed by atoms with Crippen molar-refractivity contribution >= 4 is 19.0 Å². The van der Waals surface area contributed by atoms with Crippen LogP contribution in [-0.2, 0) is 0 Å². The highest BCUT2D eigenvalue weighted by Gasteiger charge is 2.28. The van der Waals surface area contributed by atoms with E-state index in [1.165, 1.54) is 30.7 Å². The zero-order valence-corrected chi connectivity index (χ0v) is 9.38. The molecule has 0 bridgehead atoms. The van der Waals surface area contributed by atoms with Crippen LogP contribution in [-0.4, -0.2) is 20.9 Å². The van der Waals surface area contributed by atoms with Gasteiger partial charge in [-0.2, -0.15) is 0 Å². The van der Waals surface area contributed by atoms with Crippen molar-refractivity contribution in [3.8, 4) is 0 Å². The van der Waals surface area contributed by atoms with Crippen LogP contribution >= 0.6 is 0 Å². The van der Waals surface area contributed by atoms with Gasteiger partial charge in [0.25, 0.3) is 0 Å². The average Bonchev–Trinajstić information content (AvgIpc) is 2.46. The predicted molar refractivity (Wildman–Crippen MR) is 65.2 cm³/mol. The fourth-order valence-corrected chi connectivity index (χ4v) is 2.16. The maximum absolute atomic E-state index is 2.49. The first-order valence-electron chi connectivity index (χ1n) is 5.38. The Morgan fingerprint density at radius 1 is 1.36 bits per heavy atom. The molecule has 1 aliphatic heterocycles. The van der Waals surface area contributed by atoms with E-state index in [4.69, 9.17) is 0 Å². The number of hydrogen-bond donors (Lipinski definition) is 0. The molecule has 0 atom stereocenters. The van der Waals surface area contributed by atoms with Crippen LogP contribution < -0.4 is 10.4 Å². The SMILES string of the molecule is Bc1cccc(N2CCC(C)(C)C2)c1. The van der Waals surface area contributed by atoms with E-state index in [-0.39, 0.29) is 0 Å². The van der Waals surface area contributed by atoms with Crippen LogP contribution in [0.5, 0.6) is 0 Å². The van der Waals surface area contributed by atoms with E-state index in [0.717, 1.165) is 0 Å². The van der Waals surface area contributed by atoms with Crippen molar-refractivity contribution in [2.75, 3.05) is 18.0 Å². The number of nitrogens with zero attached hydrogens (tertiary/aromatic N) is 1. The Kier molecular flexibility index (Phi) is 2.30. The minimum atomic E-state index is 0.490. The molecule has 14 heavy (non-hydrogen) atoms. The van der Waals surface area contributed by atoms with Crippen molar-refractivity contribution in [2.45, 2.75) is 20.3 Å². The molecule has 1 nitrogen and oxygen atoms in total. The lowest BCUT2D eigenvalue weighted by Gasteiger charge is -2.21. The van der Waals surface area contributed by atoms with Crippen LogP contribution in [0.25, 0.3) is 0 Å². The van der Waals surface area contributed by atoms with Gasteiger partial charge >= 0.3 is 0 Å². The van der Waals surface area contributed by atoms with Gasteiger partial charge in [0.05, 0.1) is 0 Å². The molecule has 1 fully saturated rings. The number of benzene rings is 1. The molecule has 0 amide bonds. The Bertz CT molecular complexity index is 333. The maximum Gasteiger partial charge on any atom is 0.139 e. The summed E-state index contributed by atoms with van der Waals surface area (Å²) < 4.78 is 0. The van der Waals surface area contributed by atoms with E-state index >= 15 is 0 Å². The second-order valence-electron chi connectivity index (χ2n) is 5.17. The van der Waals surface area contributed by atoms with E-state index in [2.05, 4.69) is 50.9 Å². The highest BCUT2D eigenvalue weighted by molar-refractivity contribution is 6.32. The van der Waals surface area contributed by atoms with Gasteiger partial charge in [-0.25, -0.2) is 0 Å². The minimum Gasteiger partial charge on any atom is -0.371 e. The number of hydrogen-bond acceptors (Lipinski definition) is 1. The fourth-order valence-electron chi connectivity index (χ4n) is 2.16. The van der Waals surface area contributed by atoms with Gasteiger partial charge in [0, 0.05) is 18.8 Å². The lowest BCUT2D eigenvalue weighted by Crippen LogP contribution is -2.23. The van der Waals surface area contributed by atoms with Gasteiger partial charge in [-0.15, -0.1) is 0 Å². The van der Waals surface area contributed by atoms with E-state index in [1.54, 1.807) is 0 Å². The molecule has 74 valence electrons. The third-order valence-corrected chi connectivity index (χ3v) is 3.04. The van der Waals surface area contributed by atoms with E-state index < -0.39 is 0 Å². The van der Waals surface area contributed by atoms with Crippen LogP contribution in [0.15, 0.2) is 24.3 Å². The lowest BCUT2D eigenvalue weighted by atomic mass is 9.93. The molecule has 2 rings (SSSR count). The molecule has 0 N–H and O–H groups in total. The van der Waals surface area contributed by atoms with Crippen molar-refractivity contribution < 1.29 is 0 Å². The maximum atomic E-state index is 2.49. The molecule has 0 aliphatic carbocycles. The van der Waals surface area contributed by atoms with Crippen LogP contribution in [0.4, 0.5) is 5.69 Å². The summed E-state index contributed by atoms with van der Waals surface area (Å²) in [6.07, 6.45) is 1.31. The van der Waals surface area contributed by atoms with Crippen LogP contribution in [0.3, 0.4) is 0 Å². The topological polar surface area (TPSA) is 3.24 Å². The Balaban J connectivity index is 2.17. The molecule has 0 radical (unpaired) electrons. The minimum absolute atomic E-state index is 0.490. The number of rotatable bonds is 1. The van der Waals surface area contributed by atoms with Crippen LogP contribution in [0.1, 0.15) is 20.3 Å². The average molecular weight is 187 g/mol. The largest absolute Gasteiger partial charge is 0.371 e. The summed E-state index contributed by atoms with van der Waals surface area (Å²) >= 11 is 0. The zero-order valence-electron chi connectivity index (χ0n) is 9.38. The first kappa shape index (κ1) is 9.63. The Labute approximate surface area is 87.5 Å². The quantitative estimate of drug-likeness (QED) is 0.597. The van der Waals surface area contributed by atoms with Gasteiger partial charge in [0.2, 0.25) is 0 Å². The lowest BCUT2D eigenvalue weighted by molar-refractivity contribution is 0.418. The van der Waals surface area contributed by atoms with Gasteiger partial charge < -0.3 is 4.90 Å². The van der Waals surface area contributed by atoms with Crippen molar-refractivity contribution in [3.05, 3.63) is 24.3 Å². The molecular formula is C12H18BN. The standard InChI is InChI=1S/C12H18BN/c1-12(2)6-7-14(9-12)11-5-3-4-10(13)8-11/h3-5,8H,6-7,9,13H2,1-2H3. The summed E-state index contributed by atoms with van der Waals surface area (Å²) in [5.41, 5.74) is 3.23. The van der Waals surface area contributed by atoms with Gasteiger partial charge in [-0.3, -0.25) is 0 Å². The van der Waals surface area contributed by atoms with Gasteiger partial charge in [0.15, 0.2) is 0 Å². The molecule has 1 aliphatic rings. The summed E-state index contributed by atoms with van der Waals surface area (Å²) in [6.45, 7) is 7.10. The third kappa shape index (κ3) is 1.94. The molecule has 1 saturated heterocycles. The second kappa shape index (κ2) is 3.34. The summed E-state index contributed by atoms with van der Waals surface area (Å²) in [5.74, 6) is 0. The first-order chi connectivity index (χ1) is 6.57. The van der Waals surface area contributed by atoms with Crippen LogP contribution in [0, 0.1) is 5.41 Å². The van der Waals surface area contributed by atoms with E-state index in [9.17, 15) is 0 Å². The molecule has 1 aromatic carbocycles. The van der Waals surface area contributed by atoms with Gasteiger partial charge in [-0.05, 0) is 24.0 Å². The molecule has 0 saturated carbocycles. The molecule has 1 heterocycles. The first-order valence-corrected chi connectivity index (χ1v) is 5.38. The molecular weight excluding hydrogens is 169 g/mol. The van der Waals surface area contributed by atoms with Gasteiger partial charge in [-0.1, -0.05) is 31.4 Å². The molecule has 1 aromatic rings. The van der Waals surface area contributed by atoms with Crippen molar-refractivity contribution in [2.24, 2.45) is 5.41 Å². The molecule has 0 spiro atoms. The predicted octanol–water partition coefficient (Wildman–Crippen LogP) is 1.18. The zero-order chi connectivity index (χ0) is 10.2. The normalized spacial score (nSPS) is 20.0. The van der Waals surface area contributed by atoms with Gasteiger partial charge in [0.1, 0.15) is 7.85 Å². The molecule has 0 aromatic heterocycles. The van der Waals surface area contributed by atoms with Crippen LogP contribution in [0.2, 0.25) is 0 Å². The molecule has 0 unspecified atom stereocenters. The highest BCUT2D eigenvalue weighted by Crippen LogP contribution is 2.31. The fraction of sp³-hybridized carbons (Fsp3) is 0.500. The Hall–Kier alpha value is -0.915. The monoisotopic (exact) mass is 187 g/mol. The summed E-state index contributed by atoms with van der Waals surface area (Å²) in [4.78, 5) is 2.49. The summed E-state index contributed by atoms with van der Waals surface area (Å²) in [5, 5.41) is 0.